The number of carbonyl (C=O) groups is 1. The topological polar surface area (TPSA) is 62.1 Å². The summed E-state index contributed by atoms with van der Waals surface area (Å²) in [7, 11) is 0. The Labute approximate surface area is 164 Å². The second-order valence-corrected chi connectivity index (χ2v) is 6.95. The molecule has 0 aliphatic carbocycles. The Bertz CT molecular complexity index is 940. The van der Waals surface area contributed by atoms with Gasteiger partial charge < -0.3 is 9.84 Å². The number of nitrogens with zero attached hydrogens (tertiary/aromatic N) is 2. The van der Waals surface area contributed by atoms with Crippen molar-refractivity contribution in [3.63, 3.8) is 0 Å². The van der Waals surface area contributed by atoms with E-state index >= 15 is 0 Å². The van der Waals surface area contributed by atoms with Gasteiger partial charge in [-0.15, -0.1) is 0 Å². The zero-order chi connectivity index (χ0) is 18.8. The summed E-state index contributed by atoms with van der Waals surface area (Å²) in [6, 6.07) is 10.6. The monoisotopic (exact) mass is 434 g/mol. The van der Waals surface area contributed by atoms with Crippen LogP contribution < -0.4 is 9.75 Å². The van der Waals surface area contributed by atoms with E-state index in [1.165, 1.54) is 5.01 Å². The minimum Gasteiger partial charge on any atom is -0.503 e. The van der Waals surface area contributed by atoms with Gasteiger partial charge in [0.05, 0.1) is 28.6 Å². The van der Waals surface area contributed by atoms with E-state index in [9.17, 15) is 9.90 Å². The molecule has 7 heteroatoms. The van der Waals surface area contributed by atoms with Crippen LogP contribution in [0.25, 0.3) is 6.08 Å². The molecular weight excluding hydrogens is 420 g/mol. The maximum Gasteiger partial charge on any atom is 0.280 e. The summed E-state index contributed by atoms with van der Waals surface area (Å²) in [5.74, 6) is -0.0759. The lowest BCUT2D eigenvalue weighted by Gasteiger charge is -2.12. The molecule has 0 saturated heterocycles. The lowest BCUT2D eigenvalue weighted by Crippen LogP contribution is -2.21. The lowest BCUT2D eigenvalue weighted by molar-refractivity contribution is -0.114. The van der Waals surface area contributed by atoms with Crippen LogP contribution in [-0.2, 0) is 4.79 Å². The average molecular weight is 436 g/mol. The van der Waals surface area contributed by atoms with E-state index < -0.39 is 0 Å². The highest BCUT2D eigenvalue weighted by molar-refractivity contribution is 9.10. The fourth-order valence-electron chi connectivity index (χ4n) is 2.58. The van der Waals surface area contributed by atoms with Gasteiger partial charge in [0.25, 0.3) is 5.91 Å². The van der Waals surface area contributed by atoms with Crippen LogP contribution in [-0.4, -0.2) is 23.3 Å². The van der Waals surface area contributed by atoms with Gasteiger partial charge in [-0.25, -0.2) is 0 Å². The number of hydrogen-bond donors (Lipinski definition) is 1. The summed E-state index contributed by atoms with van der Waals surface area (Å²) < 4.78 is 6.25. The summed E-state index contributed by atoms with van der Waals surface area (Å²) in [4.78, 5) is 12.8. The van der Waals surface area contributed by atoms with Crippen molar-refractivity contribution in [2.24, 2.45) is 5.10 Å². The molecule has 0 saturated carbocycles. The average Bonchev–Trinajstić information content (AvgIpc) is 2.87. The summed E-state index contributed by atoms with van der Waals surface area (Å²) in [6.45, 7) is 3.97. The minimum absolute atomic E-state index is 0.116. The standard InChI is InChI=1S/C19H16BrClN2O3/c1-3-26-17-9-12(8-16(21)18(17)24)7-15-11(2)22-23(19(15)25)14-6-4-5-13(20)10-14/h4-10,24H,3H2,1-2H3/b15-7-. The van der Waals surface area contributed by atoms with Crippen LogP contribution in [0, 0.1) is 0 Å². The Morgan fingerprint density at radius 3 is 2.81 bits per heavy atom. The van der Waals surface area contributed by atoms with Gasteiger partial charge in [0.2, 0.25) is 0 Å². The number of phenols is 1. The van der Waals surface area contributed by atoms with Crippen LogP contribution in [0.2, 0.25) is 5.02 Å². The summed E-state index contributed by atoms with van der Waals surface area (Å²) in [6.07, 6.45) is 1.69. The fourth-order valence-corrected chi connectivity index (χ4v) is 3.18. The Balaban J connectivity index is 1.98. The molecule has 1 heterocycles. The van der Waals surface area contributed by atoms with Crippen molar-refractivity contribution in [2.75, 3.05) is 11.6 Å². The lowest BCUT2D eigenvalue weighted by atomic mass is 10.1. The molecule has 0 aromatic heterocycles. The number of halogens is 2. The van der Waals surface area contributed by atoms with Crippen molar-refractivity contribution in [3.8, 4) is 11.5 Å². The first-order valence-corrected chi connectivity index (χ1v) is 9.10. The second kappa shape index (κ2) is 7.51. The quantitative estimate of drug-likeness (QED) is 0.687. The molecule has 1 aliphatic rings. The van der Waals surface area contributed by atoms with Crippen LogP contribution in [0.4, 0.5) is 5.69 Å². The highest BCUT2D eigenvalue weighted by atomic mass is 79.9. The zero-order valence-electron chi connectivity index (χ0n) is 14.2. The molecule has 5 nitrogen and oxygen atoms in total. The molecule has 0 spiro atoms. The van der Waals surface area contributed by atoms with Crippen molar-refractivity contribution in [2.45, 2.75) is 13.8 Å². The molecule has 26 heavy (non-hydrogen) atoms. The van der Waals surface area contributed by atoms with E-state index in [0.29, 0.717) is 29.1 Å². The van der Waals surface area contributed by atoms with Crippen LogP contribution in [0.1, 0.15) is 19.4 Å². The molecule has 0 radical (unpaired) electrons. The summed E-state index contributed by atoms with van der Waals surface area (Å²) in [5, 5.41) is 15.8. The predicted molar refractivity (Wildman–Crippen MR) is 107 cm³/mol. The molecule has 0 bridgehead atoms. The van der Waals surface area contributed by atoms with E-state index in [0.717, 1.165) is 4.47 Å². The number of rotatable bonds is 4. The molecule has 2 aromatic carbocycles. The van der Waals surface area contributed by atoms with Gasteiger partial charge in [-0.3, -0.25) is 4.79 Å². The van der Waals surface area contributed by atoms with Crippen molar-refractivity contribution in [1.82, 2.24) is 0 Å². The first kappa shape index (κ1) is 18.5. The fraction of sp³-hybridized carbons (Fsp3) is 0.158. The molecular formula is C19H16BrClN2O3. The second-order valence-electron chi connectivity index (χ2n) is 5.62. The number of aromatic hydroxyl groups is 1. The van der Waals surface area contributed by atoms with Gasteiger partial charge >= 0.3 is 0 Å². The van der Waals surface area contributed by atoms with E-state index in [-0.39, 0.29) is 22.4 Å². The van der Waals surface area contributed by atoms with Crippen LogP contribution in [0.5, 0.6) is 11.5 Å². The number of hydrogen-bond acceptors (Lipinski definition) is 4. The molecule has 0 atom stereocenters. The Morgan fingerprint density at radius 2 is 2.12 bits per heavy atom. The summed E-state index contributed by atoms with van der Waals surface area (Å²) >= 11 is 9.46. The van der Waals surface area contributed by atoms with Crippen LogP contribution in [0.3, 0.4) is 0 Å². The molecule has 1 N–H and O–H groups in total. The Morgan fingerprint density at radius 1 is 1.35 bits per heavy atom. The molecule has 0 fully saturated rings. The Hall–Kier alpha value is -2.31. The predicted octanol–water partition coefficient (Wildman–Crippen LogP) is 5.01. The van der Waals surface area contributed by atoms with E-state index in [1.807, 2.05) is 31.2 Å². The molecule has 1 amide bonds. The molecule has 3 rings (SSSR count). The van der Waals surface area contributed by atoms with Gasteiger partial charge in [-0.05, 0) is 55.8 Å². The van der Waals surface area contributed by atoms with E-state index in [2.05, 4.69) is 21.0 Å². The van der Waals surface area contributed by atoms with E-state index in [1.54, 1.807) is 25.1 Å². The molecule has 1 aliphatic heterocycles. The Kier molecular flexibility index (Phi) is 5.34. The number of benzene rings is 2. The number of anilines is 1. The highest BCUT2D eigenvalue weighted by Crippen LogP contribution is 2.36. The third-order valence-electron chi connectivity index (χ3n) is 3.78. The number of hydrazone groups is 1. The number of amides is 1. The molecule has 2 aromatic rings. The third-order valence-corrected chi connectivity index (χ3v) is 4.56. The smallest absolute Gasteiger partial charge is 0.280 e. The third kappa shape index (κ3) is 3.61. The number of ether oxygens (including phenoxy) is 1. The largest absolute Gasteiger partial charge is 0.503 e. The normalized spacial score (nSPS) is 15.5. The van der Waals surface area contributed by atoms with Gasteiger partial charge in [0, 0.05) is 4.47 Å². The molecule has 0 unspecified atom stereocenters. The van der Waals surface area contributed by atoms with Gasteiger partial charge in [0.15, 0.2) is 11.5 Å². The van der Waals surface area contributed by atoms with Crippen molar-refractivity contribution in [1.29, 1.82) is 0 Å². The van der Waals surface area contributed by atoms with Gasteiger partial charge in [-0.2, -0.15) is 10.1 Å². The highest BCUT2D eigenvalue weighted by Gasteiger charge is 2.29. The van der Waals surface area contributed by atoms with Gasteiger partial charge in [-0.1, -0.05) is 33.6 Å². The van der Waals surface area contributed by atoms with Crippen molar-refractivity contribution < 1.29 is 14.6 Å². The zero-order valence-corrected chi connectivity index (χ0v) is 16.5. The first-order valence-electron chi connectivity index (χ1n) is 7.93. The SMILES string of the molecule is CCOc1cc(/C=C2\C(=O)N(c3cccc(Br)c3)N=C2C)cc(Cl)c1O. The first-order chi connectivity index (χ1) is 12.4. The number of carbonyl (C=O) groups excluding carboxylic acids is 1. The van der Waals surface area contributed by atoms with E-state index in [4.69, 9.17) is 16.3 Å². The number of phenolic OH excluding ortho intramolecular Hbond substituents is 1. The maximum atomic E-state index is 12.8. The van der Waals surface area contributed by atoms with Crippen molar-refractivity contribution in [3.05, 3.63) is 57.0 Å². The maximum absolute atomic E-state index is 12.8. The van der Waals surface area contributed by atoms with Crippen LogP contribution in [0.15, 0.2) is 51.5 Å². The van der Waals surface area contributed by atoms with Crippen LogP contribution >= 0.6 is 27.5 Å². The minimum atomic E-state index is -0.234. The molecule has 134 valence electrons. The summed E-state index contributed by atoms with van der Waals surface area (Å²) in [5.41, 5.74) is 2.36. The van der Waals surface area contributed by atoms with Crippen molar-refractivity contribution >= 4 is 50.9 Å². The van der Waals surface area contributed by atoms with Gasteiger partial charge in [0.1, 0.15) is 0 Å².